The Balaban J connectivity index is 1.92. The molecule has 0 bridgehead atoms. The van der Waals surface area contributed by atoms with Gasteiger partial charge in [-0.1, -0.05) is 12.2 Å². The third-order valence-corrected chi connectivity index (χ3v) is 2.66. The number of amides is 2. The molecule has 0 aromatic carbocycles. The van der Waals surface area contributed by atoms with Crippen molar-refractivity contribution in [3.63, 3.8) is 0 Å². The number of hydrogen-bond donors (Lipinski definition) is 3. The van der Waals surface area contributed by atoms with Gasteiger partial charge >= 0.3 is 0 Å². The summed E-state index contributed by atoms with van der Waals surface area (Å²) in [6, 6.07) is 1.73. The van der Waals surface area contributed by atoms with Crippen molar-refractivity contribution in [2.24, 2.45) is 0 Å². The molecule has 2 heterocycles. The van der Waals surface area contributed by atoms with Crippen LogP contribution in [0.5, 0.6) is 0 Å². The number of pyridine rings is 1. The Labute approximate surface area is 111 Å². The molecule has 2 amide bonds. The van der Waals surface area contributed by atoms with Crippen LogP contribution in [0.4, 0.5) is 5.69 Å². The van der Waals surface area contributed by atoms with Crippen molar-refractivity contribution in [2.45, 2.75) is 6.92 Å². The molecule has 1 aliphatic heterocycles. The van der Waals surface area contributed by atoms with Gasteiger partial charge in [0.05, 0.1) is 0 Å². The lowest BCUT2D eigenvalue weighted by molar-refractivity contribution is -0.118. The van der Waals surface area contributed by atoms with Crippen molar-refractivity contribution in [3.05, 3.63) is 29.6 Å². The fourth-order valence-electron chi connectivity index (χ4n) is 1.74. The number of fused-ring (bicyclic) bond motifs is 1. The standard InChI is InChI=1S/C13H16N4O2/c1-9(18)14-5-6-16-13(19)12-7-11-10(8-17-12)3-2-4-15-11/h2-3,7-8,15H,4-6H2,1H3,(H,14,18)(H,16,19). The van der Waals surface area contributed by atoms with Gasteiger partial charge in [0.15, 0.2) is 0 Å². The van der Waals surface area contributed by atoms with Gasteiger partial charge in [-0.2, -0.15) is 0 Å². The van der Waals surface area contributed by atoms with Crippen LogP contribution >= 0.6 is 0 Å². The van der Waals surface area contributed by atoms with Gasteiger partial charge in [0, 0.05) is 44.0 Å². The molecule has 3 N–H and O–H groups in total. The maximum atomic E-state index is 11.8. The molecule has 0 radical (unpaired) electrons. The highest BCUT2D eigenvalue weighted by Gasteiger charge is 2.11. The van der Waals surface area contributed by atoms with E-state index in [4.69, 9.17) is 0 Å². The zero-order valence-electron chi connectivity index (χ0n) is 10.7. The van der Waals surface area contributed by atoms with E-state index in [1.807, 2.05) is 12.2 Å². The predicted molar refractivity (Wildman–Crippen MR) is 72.8 cm³/mol. The summed E-state index contributed by atoms with van der Waals surface area (Å²) in [6.07, 6.45) is 5.63. The molecule has 1 aliphatic rings. The summed E-state index contributed by atoms with van der Waals surface area (Å²) in [4.78, 5) is 26.6. The molecule has 2 rings (SSSR count). The maximum Gasteiger partial charge on any atom is 0.270 e. The summed E-state index contributed by atoms with van der Waals surface area (Å²) < 4.78 is 0. The average molecular weight is 260 g/mol. The molecule has 6 nitrogen and oxygen atoms in total. The number of carbonyl (C=O) groups excluding carboxylic acids is 2. The lowest BCUT2D eigenvalue weighted by Crippen LogP contribution is -2.34. The molecule has 6 heteroatoms. The van der Waals surface area contributed by atoms with Crippen LogP contribution in [0.2, 0.25) is 0 Å². The van der Waals surface area contributed by atoms with Crippen molar-refractivity contribution < 1.29 is 9.59 Å². The molecular weight excluding hydrogens is 244 g/mol. The molecule has 0 atom stereocenters. The number of carbonyl (C=O) groups is 2. The van der Waals surface area contributed by atoms with E-state index in [9.17, 15) is 9.59 Å². The van der Waals surface area contributed by atoms with E-state index >= 15 is 0 Å². The molecule has 0 fully saturated rings. The third kappa shape index (κ3) is 3.54. The van der Waals surface area contributed by atoms with Crippen LogP contribution < -0.4 is 16.0 Å². The molecular formula is C13H16N4O2. The minimum absolute atomic E-state index is 0.114. The van der Waals surface area contributed by atoms with Gasteiger partial charge in [-0.3, -0.25) is 14.6 Å². The Kier molecular flexibility index (Phi) is 4.12. The number of nitrogens with one attached hydrogen (secondary N) is 3. The first-order valence-corrected chi connectivity index (χ1v) is 6.10. The summed E-state index contributed by atoms with van der Waals surface area (Å²) in [7, 11) is 0. The van der Waals surface area contributed by atoms with E-state index < -0.39 is 0 Å². The van der Waals surface area contributed by atoms with Gasteiger partial charge < -0.3 is 16.0 Å². The molecule has 0 spiro atoms. The van der Waals surface area contributed by atoms with E-state index in [1.165, 1.54) is 6.92 Å². The summed E-state index contributed by atoms with van der Waals surface area (Å²) in [5, 5.41) is 8.48. The molecule has 0 saturated heterocycles. The van der Waals surface area contributed by atoms with E-state index in [1.54, 1.807) is 12.3 Å². The molecule has 1 aromatic rings. The van der Waals surface area contributed by atoms with Crippen LogP contribution in [0.25, 0.3) is 6.08 Å². The fourth-order valence-corrected chi connectivity index (χ4v) is 1.74. The van der Waals surface area contributed by atoms with Crippen LogP contribution in [0.1, 0.15) is 23.0 Å². The summed E-state index contributed by atoms with van der Waals surface area (Å²) in [5.74, 6) is -0.360. The smallest absolute Gasteiger partial charge is 0.270 e. The van der Waals surface area contributed by atoms with Crippen molar-refractivity contribution in [1.82, 2.24) is 15.6 Å². The zero-order valence-corrected chi connectivity index (χ0v) is 10.7. The minimum atomic E-state index is -0.246. The summed E-state index contributed by atoms with van der Waals surface area (Å²) >= 11 is 0. The number of aromatic nitrogens is 1. The average Bonchev–Trinajstić information content (AvgIpc) is 2.42. The van der Waals surface area contributed by atoms with Crippen molar-refractivity contribution in [2.75, 3.05) is 25.0 Å². The number of rotatable bonds is 4. The first kappa shape index (κ1) is 13.1. The fraction of sp³-hybridized carbons (Fsp3) is 0.308. The monoisotopic (exact) mass is 260 g/mol. The molecule has 0 saturated carbocycles. The largest absolute Gasteiger partial charge is 0.381 e. The Hall–Kier alpha value is -2.37. The predicted octanol–water partition coefficient (Wildman–Crippen LogP) is 0.386. The van der Waals surface area contributed by atoms with Crippen LogP contribution in [0.15, 0.2) is 18.3 Å². The van der Waals surface area contributed by atoms with Crippen LogP contribution in [-0.2, 0) is 4.79 Å². The Morgan fingerprint density at radius 2 is 2.16 bits per heavy atom. The minimum Gasteiger partial charge on any atom is -0.381 e. The van der Waals surface area contributed by atoms with E-state index in [0.29, 0.717) is 18.8 Å². The van der Waals surface area contributed by atoms with Crippen molar-refractivity contribution in [1.29, 1.82) is 0 Å². The highest BCUT2D eigenvalue weighted by atomic mass is 16.2. The Bertz CT molecular complexity index is 525. The van der Waals surface area contributed by atoms with Crippen LogP contribution in [0, 0.1) is 0 Å². The molecule has 100 valence electrons. The maximum absolute atomic E-state index is 11.8. The first-order chi connectivity index (χ1) is 9.16. The second-order valence-corrected chi connectivity index (χ2v) is 4.18. The highest BCUT2D eigenvalue weighted by Crippen LogP contribution is 2.20. The lowest BCUT2D eigenvalue weighted by Gasteiger charge is -2.13. The number of anilines is 1. The lowest BCUT2D eigenvalue weighted by atomic mass is 10.1. The van der Waals surface area contributed by atoms with Crippen LogP contribution in [0.3, 0.4) is 0 Å². The second kappa shape index (κ2) is 5.99. The topological polar surface area (TPSA) is 83.1 Å². The Morgan fingerprint density at radius 3 is 2.95 bits per heavy atom. The summed E-state index contributed by atoms with van der Waals surface area (Å²) in [5.41, 5.74) is 2.25. The Morgan fingerprint density at radius 1 is 1.37 bits per heavy atom. The summed E-state index contributed by atoms with van der Waals surface area (Å²) in [6.45, 7) is 2.98. The van der Waals surface area contributed by atoms with E-state index in [0.717, 1.165) is 17.8 Å². The van der Waals surface area contributed by atoms with Gasteiger partial charge in [0.2, 0.25) is 5.91 Å². The van der Waals surface area contributed by atoms with Crippen molar-refractivity contribution >= 4 is 23.6 Å². The van der Waals surface area contributed by atoms with Gasteiger partial charge in [-0.05, 0) is 6.07 Å². The van der Waals surface area contributed by atoms with Gasteiger partial charge in [-0.25, -0.2) is 0 Å². The zero-order chi connectivity index (χ0) is 13.7. The molecule has 19 heavy (non-hydrogen) atoms. The van der Waals surface area contributed by atoms with Gasteiger partial charge in [-0.15, -0.1) is 0 Å². The molecule has 0 unspecified atom stereocenters. The van der Waals surface area contributed by atoms with E-state index in [2.05, 4.69) is 20.9 Å². The number of nitrogens with zero attached hydrogens (tertiary/aromatic N) is 1. The quantitative estimate of drug-likeness (QED) is 0.684. The SMILES string of the molecule is CC(=O)NCCNC(=O)c1cc2c(cn1)C=CCN2. The van der Waals surface area contributed by atoms with Crippen molar-refractivity contribution in [3.8, 4) is 0 Å². The van der Waals surface area contributed by atoms with Gasteiger partial charge in [0.25, 0.3) is 5.91 Å². The third-order valence-electron chi connectivity index (χ3n) is 2.66. The molecule has 0 aliphatic carbocycles. The normalized spacial score (nSPS) is 12.3. The van der Waals surface area contributed by atoms with E-state index in [-0.39, 0.29) is 11.8 Å². The highest BCUT2D eigenvalue weighted by molar-refractivity contribution is 5.93. The first-order valence-electron chi connectivity index (χ1n) is 6.10. The molecule has 1 aromatic heterocycles. The second-order valence-electron chi connectivity index (χ2n) is 4.18. The number of hydrogen-bond acceptors (Lipinski definition) is 4. The van der Waals surface area contributed by atoms with Gasteiger partial charge in [0.1, 0.15) is 5.69 Å². The van der Waals surface area contributed by atoms with Crippen LogP contribution in [-0.4, -0.2) is 36.4 Å².